The van der Waals surface area contributed by atoms with Crippen molar-refractivity contribution in [2.24, 2.45) is 5.92 Å². The Morgan fingerprint density at radius 1 is 1.17 bits per heavy atom. The molecule has 1 aromatic carbocycles. The van der Waals surface area contributed by atoms with Crippen LogP contribution in [0.25, 0.3) is 0 Å². The predicted molar refractivity (Wildman–Crippen MR) is 77.7 cm³/mol. The second-order valence-corrected chi connectivity index (χ2v) is 5.94. The Balaban J connectivity index is 2.68. The Morgan fingerprint density at radius 3 is 2.28 bits per heavy atom. The van der Waals surface area contributed by atoms with E-state index in [0.29, 0.717) is 12.0 Å². The molecule has 1 rings (SSSR count). The van der Waals surface area contributed by atoms with E-state index in [1.807, 2.05) is 0 Å². The van der Waals surface area contributed by atoms with E-state index < -0.39 is 0 Å². The van der Waals surface area contributed by atoms with Gasteiger partial charge in [-0.15, -0.1) is 0 Å². The summed E-state index contributed by atoms with van der Waals surface area (Å²) in [5.41, 5.74) is 1.24. The summed E-state index contributed by atoms with van der Waals surface area (Å²) in [7, 11) is 1.77. The number of benzene rings is 1. The summed E-state index contributed by atoms with van der Waals surface area (Å²) in [6.07, 6.45) is 1.14. The Bertz CT molecular complexity index is 332. The van der Waals surface area contributed by atoms with Gasteiger partial charge in [0.05, 0.1) is 5.60 Å². The molecule has 1 aromatic rings. The zero-order valence-electron chi connectivity index (χ0n) is 12.4. The molecule has 0 fully saturated rings. The van der Waals surface area contributed by atoms with Crippen LogP contribution in [0.3, 0.4) is 0 Å². The van der Waals surface area contributed by atoms with Crippen molar-refractivity contribution in [3.8, 4) is 0 Å². The average molecular weight is 249 g/mol. The minimum atomic E-state index is -0.121. The van der Waals surface area contributed by atoms with Crippen LogP contribution in [-0.4, -0.2) is 19.3 Å². The largest absolute Gasteiger partial charge is 0.377 e. The lowest BCUT2D eigenvalue weighted by Crippen LogP contribution is -2.38. The average Bonchev–Trinajstić information content (AvgIpc) is 2.35. The Kier molecular flexibility index (Phi) is 5.83. The minimum absolute atomic E-state index is 0.121. The molecule has 0 aliphatic carbocycles. The highest BCUT2D eigenvalue weighted by Gasteiger charge is 2.20. The molecule has 1 atom stereocenters. The Labute approximate surface area is 112 Å². The second-order valence-electron chi connectivity index (χ2n) is 5.94. The molecule has 0 radical (unpaired) electrons. The van der Waals surface area contributed by atoms with E-state index in [2.05, 4.69) is 63.3 Å². The maximum atomic E-state index is 5.47. The van der Waals surface area contributed by atoms with Crippen molar-refractivity contribution in [2.45, 2.75) is 45.8 Å². The van der Waals surface area contributed by atoms with Gasteiger partial charge in [0.1, 0.15) is 0 Å². The molecule has 2 heteroatoms. The maximum absolute atomic E-state index is 5.47. The molecular weight excluding hydrogens is 222 g/mol. The van der Waals surface area contributed by atoms with Crippen LogP contribution in [0, 0.1) is 5.92 Å². The molecular formula is C16H27NO. The zero-order valence-corrected chi connectivity index (χ0v) is 12.4. The first-order chi connectivity index (χ1) is 8.44. The number of rotatable bonds is 7. The molecule has 0 heterocycles. The first-order valence-electron chi connectivity index (χ1n) is 6.78. The highest BCUT2D eigenvalue weighted by molar-refractivity contribution is 5.19. The normalized spacial score (nSPS) is 13.9. The van der Waals surface area contributed by atoms with Crippen molar-refractivity contribution < 1.29 is 4.74 Å². The van der Waals surface area contributed by atoms with Crippen molar-refractivity contribution >= 4 is 0 Å². The molecule has 0 aliphatic rings. The van der Waals surface area contributed by atoms with E-state index in [1.165, 1.54) is 5.56 Å². The summed E-state index contributed by atoms with van der Waals surface area (Å²) in [4.78, 5) is 0. The third-order valence-electron chi connectivity index (χ3n) is 3.24. The van der Waals surface area contributed by atoms with E-state index in [9.17, 15) is 0 Å². The fourth-order valence-electron chi connectivity index (χ4n) is 1.94. The van der Waals surface area contributed by atoms with Gasteiger partial charge in [0, 0.05) is 19.7 Å². The van der Waals surface area contributed by atoms with Crippen molar-refractivity contribution in [2.75, 3.05) is 13.7 Å². The lowest BCUT2D eigenvalue weighted by molar-refractivity contribution is 0.0204. The van der Waals surface area contributed by atoms with Gasteiger partial charge in [-0.05, 0) is 31.7 Å². The number of hydrogen-bond donors (Lipinski definition) is 1. The fourth-order valence-corrected chi connectivity index (χ4v) is 1.94. The summed E-state index contributed by atoms with van der Waals surface area (Å²) >= 11 is 0. The van der Waals surface area contributed by atoms with E-state index in [0.717, 1.165) is 13.0 Å². The first-order valence-corrected chi connectivity index (χ1v) is 6.78. The van der Waals surface area contributed by atoms with Crippen LogP contribution in [-0.2, 0) is 4.74 Å². The van der Waals surface area contributed by atoms with Crippen molar-refractivity contribution in [3.05, 3.63) is 35.9 Å². The van der Waals surface area contributed by atoms with Gasteiger partial charge in [-0.3, -0.25) is 0 Å². The van der Waals surface area contributed by atoms with Crippen molar-refractivity contribution in [1.29, 1.82) is 0 Å². The molecule has 1 N–H and O–H groups in total. The number of nitrogens with one attached hydrogen (secondary N) is 1. The summed E-state index contributed by atoms with van der Waals surface area (Å²) in [6, 6.07) is 11.1. The highest BCUT2D eigenvalue weighted by Crippen LogP contribution is 2.22. The van der Waals surface area contributed by atoms with Gasteiger partial charge in [0.25, 0.3) is 0 Å². The van der Waals surface area contributed by atoms with Gasteiger partial charge < -0.3 is 10.1 Å². The minimum Gasteiger partial charge on any atom is -0.377 e. The first kappa shape index (κ1) is 15.2. The van der Waals surface area contributed by atoms with Crippen LogP contribution in [0.2, 0.25) is 0 Å². The number of methoxy groups -OCH3 is 1. The summed E-state index contributed by atoms with van der Waals surface area (Å²) in [6.45, 7) is 9.60. The van der Waals surface area contributed by atoms with E-state index in [4.69, 9.17) is 4.74 Å². The van der Waals surface area contributed by atoms with E-state index >= 15 is 0 Å². The summed E-state index contributed by atoms with van der Waals surface area (Å²) in [5, 5.41) is 3.63. The van der Waals surface area contributed by atoms with Gasteiger partial charge in [-0.1, -0.05) is 44.2 Å². The molecule has 2 nitrogen and oxygen atoms in total. The number of hydrogen-bond acceptors (Lipinski definition) is 2. The SMILES string of the molecule is COC(C)(C)CNC(CC(C)C)c1ccccc1. The smallest absolute Gasteiger partial charge is 0.0746 e. The predicted octanol–water partition coefficient (Wildman–Crippen LogP) is 3.79. The third kappa shape index (κ3) is 5.19. The van der Waals surface area contributed by atoms with Gasteiger partial charge in [-0.2, -0.15) is 0 Å². The fraction of sp³-hybridized carbons (Fsp3) is 0.625. The molecule has 0 spiro atoms. The van der Waals surface area contributed by atoms with Crippen LogP contribution in [0.1, 0.15) is 45.7 Å². The quantitative estimate of drug-likeness (QED) is 0.794. The van der Waals surface area contributed by atoms with E-state index in [-0.39, 0.29) is 5.60 Å². The second kappa shape index (κ2) is 6.91. The molecule has 0 saturated carbocycles. The molecule has 1 unspecified atom stereocenters. The molecule has 18 heavy (non-hydrogen) atoms. The molecule has 0 saturated heterocycles. The summed E-state index contributed by atoms with van der Waals surface area (Å²) in [5.74, 6) is 0.674. The number of ether oxygens (including phenoxy) is 1. The van der Waals surface area contributed by atoms with Crippen LogP contribution >= 0.6 is 0 Å². The van der Waals surface area contributed by atoms with Crippen LogP contribution in [0.5, 0.6) is 0 Å². The molecule has 0 amide bonds. The molecule has 0 aliphatic heterocycles. The van der Waals surface area contributed by atoms with Gasteiger partial charge in [0.2, 0.25) is 0 Å². The van der Waals surface area contributed by atoms with Crippen molar-refractivity contribution in [1.82, 2.24) is 5.32 Å². The zero-order chi connectivity index (χ0) is 13.6. The standard InChI is InChI=1S/C16H27NO/c1-13(2)11-15(14-9-7-6-8-10-14)17-12-16(3,4)18-5/h6-10,13,15,17H,11-12H2,1-5H3. The molecule has 102 valence electrons. The third-order valence-corrected chi connectivity index (χ3v) is 3.24. The molecule has 0 aromatic heterocycles. The highest BCUT2D eigenvalue weighted by atomic mass is 16.5. The van der Waals surface area contributed by atoms with Crippen LogP contribution in [0.4, 0.5) is 0 Å². The molecule has 0 bridgehead atoms. The van der Waals surface area contributed by atoms with Gasteiger partial charge >= 0.3 is 0 Å². The lowest BCUT2D eigenvalue weighted by Gasteiger charge is -2.28. The van der Waals surface area contributed by atoms with Crippen molar-refractivity contribution in [3.63, 3.8) is 0 Å². The van der Waals surface area contributed by atoms with Gasteiger partial charge in [0.15, 0.2) is 0 Å². The van der Waals surface area contributed by atoms with Gasteiger partial charge in [-0.25, -0.2) is 0 Å². The lowest BCUT2D eigenvalue weighted by atomic mass is 9.96. The maximum Gasteiger partial charge on any atom is 0.0746 e. The topological polar surface area (TPSA) is 21.3 Å². The monoisotopic (exact) mass is 249 g/mol. The van der Waals surface area contributed by atoms with Crippen LogP contribution in [0.15, 0.2) is 30.3 Å². The van der Waals surface area contributed by atoms with Crippen LogP contribution < -0.4 is 5.32 Å². The summed E-state index contributed by atoms with van der Waals surface area (Å²) < 4.78 is 5.47. The van der Waals surface area contributed by atoms with E-state index in [1.54, 1.807) is 7.11 Å². The Hall–Kier alpha value is -0.860. The Morgan fingerprint density at radius 2 is 1.78 bits per heavy atom.